The Morgan fingerprint density at radius 3 is 2.46 bits per heavy atom. The number of aromatic nitrogens is 1. The first-order valence-corrected chi connectivity index (χ1v) is 9.22. The van der Waals surface area contributed by atoms with Gasteiger partial charge in [-0.2, -0.15) is 0 Å². The van der Waals surface area contributed by atoms with Gasteiger partial charge < -0.3 is 10.2 Å². The number of hydrogen-bond acceptors (Lipinski definition) is 3. The van der Waals surface area contributed by atoms with Crippen LogP contribution >= 0.6 is 0 Å². The lowest BCUT2D eigenvalue weighted by Crippen LogP contribution is -2.38. The van der Waals surface area contributed by atoms with Crippen molar-refractivity contribution >= 4 is 11.8 Å². The molecule has 1 saturated heterocycles. The fourth-order valence-corrected chi connectivity index (χ4v) is 3.11. The summed E-state index contributed by atoms with van der Waals surface area (Å²) < 4.78 is 0. The summed E-state index contributed by atoms with van der Waals surface area (Å²) in [5, 5.41) is 2.87. The second-order valence-corrected chi connectivity index (χ2v) is 6.87. The number of amides is 2. The zero-order valence-corrected chi connectivity index (χ0v) is 15.1. The average Bonchev–Trinajstić information content (AvgIpc) is 2.69. The van der Waals surface area contributed by atoms with E-state index in [2.05, 4.69) is 17.2 Å². The van der Waals surface area contributed by atoms with E-state index in [0.717, 1.165) is 32.4 Å². The third-order valence-corrected chi connectivity index (χ3v) is 4.81. The standard InChI is InChI=1S/C21H25N3O2/c1-16-11-14-24(15-12-16)21(26)19-9-5-8-18(23-19)20(25)22-13-10-17-6-3-2-4-7-17/h2-9,16H,10-15H2,1H3,(H,22,25). The van der Waals surface area contributed by atoms with Gasteiger partial charge >= 0.3 is 0 Å². The number of benzene rings is 1. The minimum atomic E-state index is -0.247. The van der Waals surface area contributed by atoms with Crippen LogP contribution in [0.1, 0.15) is 46.3 Å². The molecule has 0 radical (unpaired) electrons. The molecule has 0 atom stereocenters. The number of likely N-dealkylation sites (tertiary alicyclic amines) is 1. The van der Waals surface area contributed by atoms with Crippen molar-refractivity contribution in [2.75, 3.05) is 19.6 Å². The first-order valence-electron chi connectivity index (χ1n) is 9.22. The molecule has 1 aliphatic rings. The normalized spacial score (nSPS) is 14.9. The molecule has 1 aliphatic heterocycles. The average molecular weight is 351 g/mol. The molecule has 0 saturated carbocycles. The Labute approximate surface area is 154 Å². The first-order chi connectivity index (χ1) is 12.6. The smallest absolute Gasteiger partial charge is 0.272 e. The lowest BCUT2D eigenvalue weighted by molar-refractivity contribution is 0.0691. The molecule has 3 rings (SSSR count). The molecule has 5 nitrogen and oxygen atoms in total. The molecule has 1 aromatic carbocycles. The molecule has 2 amide bonds. The van der Waals surface area contributed by atoms with Gasteiger partial charge in [-0.15, -0.1) is 0 Å². The Morgan fingerprint density at radius 1 is 1.04 bits per heavy atom. The lowest BCUT2D eigenvalue weighted by Gasteiger charge is -2.30. The summed E-state index contributed by atoms with van der Waals surface area (Å²) in [6.45, 7) is 4.26. The summed E-state index contributed by atoms with van der Waals surface area (Å²) in [5.74, 6) is 0.326. The van der Waals surface area contributed by atoms with Crippen molar-refractivity contribution in [1.29, 1.82) is 0 Å². The van der Waals surface area contributed by atoms with E-state index >= 15 is 0 Å². The molecule has 136 valence electrons. The Hall–Kier alpha value is -2.69. The van der Waals surface area contributed by atoms with E-state index in [1.165, 1.54) is 5.56 Å². The molecule has 0 spiro atoms. The van der Waals surface area contributed by atoms with Crippen LogP contribution in [0.3, 0.4) is 0 Å². The van der Waals surface area contributed by atoms with Crippen LogP contribution in [0.4, 0.5) is 0 Å². The van der Waals surface area contributed by atoms with Crippen LogP contribution in [-0.4, -0.2) is 41.3 Å². The topological polar surface area (TPSA) is 62.3 Å². The van der Waals surface area contributed by atoms with Crippen LogP contribution < -0.4 is 5.32 Å². The first kappa shape index (κ1) is 18.1. The predicted octanol–water partition coefficient (Wildman–Crippen LogP) is 2.93. The quantitative estimate of drug-likeness (QED) is 0.901. The number of hydrogen-bond donors (Lipinski definition) is 1. The van der Waals surface area contributed by atoms with Crippen LogP contribution in [0, 0.1) is 5.92 Å². The van der Waals surface area contributed by atoms with E-state index in [0.29, 0.717) is 18.2 Å². The summed E-state index contributed by atoms with van der Waals surface area (Å²) in [6.07, 6.45) is 2.80. The van der Waals surface area contributed by atoms with Crippen molar-refractivity contribution in [2.24, 2.45) is 5.92 Å². The summed E-state index contributed by atoms with van der Waals surface area (Å²) in [7, 11) is 0. The zero-order chi connectivity index (χ0) is 18.4. The highest BCUT2D eigenvalue weighted by atomic mass is 16.2. The maximum Gasteiger partial charge on any atom is 0.272 e. The number of piperidine rings is 1. The molecule has 1 fully saturated rings. The number of rotatable bonds is 5. The van der Waals surface area contributed by atoms with Gasteiger partial charge in [0.25, 0.3) is 11.8 Å². The van der Waals surface area contributed by atoms with E-state index in [-0.39, 0.29) is 17.5 Å². The molecular weight excluding hydrogens is 326 g/mol. The highest BCUT2D eigenvalue weighted by Crippen LogP contribution is 2.17. The molecular formula is C21H25N3O2. The number of pyridine rings is 1. The second kappa shape index (κ2) is 8.61. The van der Waals surface area contributed by atoms with E-state index in [1.807, 2.05) is 35.2 Å². The molecule has 0 unspecified atom stereocenters. The molecule has 1 aromatic heterocycles. The molecule has 2 aromatic rings. The van der Waals surface area contributed by atoms with Crippen molar-refractivity contribution in [1.82, 2.24) is 15.2 Å². The van der Waals surface area contributed by atoms with E-state index in [9.17, 15) is 9.59 Å². The van der Waals surface area contributed by atoms with Crippen molar-refractivity contribution in [3.63, 3.8) is 0 Å². The minimum absolute atomic E-state index is 0.0872. The maximum atomic E-state index is 12.6. The van der Waals surface area contributed by atoms with Crippen LogP contribution in [-0.2, 0) is 6.42 Å². The third kappa shape index (κ3) is 4.69. The number of nitrogens with zero attached hydrogens (tertiary/aromatic N) is 2. The summed E-state index contributed by atoms with van der Waals surface area (Å²) in [6, 6.07) is 15.0. The van der Waals surface area contributed by atoms with Crippen molar-refractivity contribution < 1.29 is 9.59 Å². The molecule has 26 heavy (non-hydrogen) atoms. The lowest BCUT2D eigenvalue weighted by atomic mass is 9.99. The predicted molar refractivity (Wildman–Crippen MR) is 101 cm³/mol. The molecule has 1 N–H and O–H groups in total. The van der Waals surface area contributed by atoms with Crippen LogP contribution in [0.2, 0.25) is 0 Å². The zero-order valence-electron chi connectivity index (χ0n) is 15.1. The van der Waals surface area contributed by atoms with Gasteiger partial charge in [-0.1, -0.05) is 43.3 Å². The van der Waals surface area contributed by atoms with Crippen LogP contribution in [0.5, 0.6) is 0 Å². The van der Waals surface area contributed by atoms with Gasteiger partial charge in [-0.25, -0.2) is 4.98 Å². The van der Waals surface area contributed by atoms with Gasteiger partial charge in [-0.3, -0.25) is 9.59 Å². The highest BCUT2D eigenvalue weighted by Gasteiger charge is 2.22. The monoisotopic (exact) mass is 351 g/mol. The Balaban J connectivity index is 1.57. The Bertz CT molecular complexity index is 753. The van der Waals surface area contributed by atoms with Crippen molar-refractivity contribution in [2.45, 2.75) is 26.2 Å². The number of nitrogens with one attached hydrogen (secondary N) is 1. The van der Waals surface area contributed by atoms with Crippen LogP contribution in [0.15, 0.2) is 48.5 Å². The van der Waals surface area contributed by atoms with E-state index < -0.39 is 0 Å². The largest absolute Gasteiger partial charge is 0.350 e. The van der Waals surface area contributed by atoms with E-state index in [4.69, 9.17) is 0 Å². The summed E-state index contributed by atoms with van der Waals surface area (Å²) in [5.41, 5.74) is 1.80. The fourth-order valence-electron chi connectivity index (χ4n) is 3.11. The molecule has 5 heteroatoms. The fraction of sp³-hybridized carbons (Fsp3) is 0.381. The van der Waals surface area contributed by atoms with Crippen LogP contribution in [0.25, 0.3) is 0 Å². The Kier molecular flexibility index (Phi) is 6.00. The van der Waals surface area contributed by atoms with Crippen molar-refractivity contribution in [3.8, 4) is 0 Å². The van der Waals surface area contributed by atoms with Gasteiger partial charge in [0.2, 0.25) is 0 Å². The van der Waals surface area contributed by atoms with Gasteiger partial charge in [-0.05, 0) is 42.9 Å². The Morgan fingerprint density at radius 2 is 1.73 bits per heavy atom. The highest BCUT2D eigenvalue weighted by molar-refractivity contribution is 5.96. The third-order valence-electron chi connectivity index (χ3n) is 4.81. The summed E-state index contributed by atoms with van der Waals surface area (Å²) in [4.78, 5) is 31.1. The number of carbonyl (C=O) groups excluding carboxylic acids is 2. The molecule has 0 aliphatic carbocycles. The van der Waals surface area contributed by atoms with E-state index in [1.54, 1.807) is 18.2 Å². The second-order valence-electron chi connectivity index (χ2n) is 6.87. The van der Waals surface area contributed by atoms with Crippen molar-refractivity contribution in [3.05, 3.63) is 65.5 Å². The molecule has 0 bridgehead atoms. The minimum Gasteiger partial charge on any atom is -0.350 e. The van der Waals surface area contributed by atoms with Gasteiger partial charge in [0, 0.05) is 19.6 Å². The van der Waals surface area contributed by atoms with Gasteiger partial charge in [0.1, 0.15) is 11.4 Å². The number of carbonyl (C=O) groups is 2. The molecule has 2 heterocycles. The maximum absolute atomic E-state index is 12.6. The van der Waals surface area contributed by atoms with Gasteiger partial charge in [0.05, 0.1) is 0 Å². The van der Waals surface area contributed by atoms with Gasteiger partial charge in [0.15, 0.2) is 0 Å². The summed E-state index contributed by atoms with van der Waals surface area (Å²) >= 11 is 0. The SMILES string of the molecule is CC1CCN(C(=O)c2cccc(C(=O)NCCc3ccccc3)n2)CC1.